The number of ether oxygens (including phenoxy) is 1. The monoisotopic (exact) mass is 567 g/mol. The Morgan fingerprint density at radius 1 is 1.03 bits per heavy atom. The number of benzene rings is 1. The van der Waals surface area contributed by atoms with E-state index in [2.05, 4.69) is 52.6 Å². The van der Waals surface area contributed by atoms with Gasteiger partial charge in [-0.2, -0.15) is 0 Å². The van der Waals surface area contributed by atoms with Crippen molar-refractivity contribution >= 4 is 55.3 Å². The average molecular weight is 569 g/mol. The van der Waals surface area contributed by atoms with E-state index in [1.807, 2.05) is 0 Å². The highest BCUT2D eigenvalue weighted by molar-refractivity contribution is 9.12. The minimum absolute atomic E-state index is 0.0976. The number of alkyl halides is 2. The largest absolute Gasteiger partial charge is 0.458 e. The number of nitrogens with zero attached hydrogens (tertiary/aromatic N) is 1. The zero-order valence-corrected chi connectivity index (χ0v) is 22.0. The van der Waals surface area contributed by atoms with Crippen molar-refractivity contribution in [2.75, 3.05) is 4.90 Å². The molecule has 1 heterocycles. The molecular formula is C25H31Br2NO4. The van der Waals surface area contributed by atoms with Crippen LogP contribution in [0.15, 0.2) is 24.3 Å². The molecule has 1 saturated heterocycles. The van der Waals surface area contributed by atoms with E-state index in [9.17, 15) is 14.4 Å². The summed E-state index contributed by atoms with van der Waals surface area (Å²) in [4.78, 5) is 40.8. The number of hydrogen-bond acceptors (Lipinski definition) is 4. The summed E-state index contributed by atoms with van der Waals surface area (Å²) in [5.41, 5.74) is 0.842. The minimum Gasteiger partial charge on any atom is -0.458 e. The number of hydrogen-bond donors (Lipinski definition) is 0. The molecule has 3 aliphatic rings. The van der Waals surface area contributed by atoms with Crippen LogP contribution in [0.4, 0.5) is 5.69 Å². The lowest BCUT2D eigenvalue weighted by atomic mass is 9.75. The van der Waals surface area contributed by atoms with Gasteiger partial charge in [0.25, 0.3) is 0 Å². The molecule has 5 nitrogen and oxygen atoms in total. The van der Waals surface area contributed by atoms with Crippen LogP contribution in [0.5, 0.6) is 0 Å². The molecule has 1 aliphatic heterocycles. The predicted octanol–water partition coefficient (Wildman–Crippen LogP) is 5.73. The molecule has 174 valence electrons. The first-order valence-corrected chi connectivity index (χ1v) is 13.5. The zero-order chi connectivity index (χ0) is 23.2. The maximum absolute atomic E-state index is 13.1. The van der Waals surface area contributed by atoms with Crippen LogP contribution in [0.2, 0.25) is 0 Å². The highest BCUT2D eigenvalue weighted by Crippen LogP contribution is 2.44. The Labute approximate surface area is 206 Å². The normalized spacial score (nSPS) is 35.2. The maximum Gasteiger partial charge on any atom is 0.338 e. The number of amides is 2. The number of carbonyl (C=O) groups excluding carboxylic acids is 3. The number of fused-ring (bicyclic) bond motifs is 1. The molecule has 3 fully saturated rings. The van der Waals surface area contributed by atoms with Gasteiger partial charge in [0.2, 0.25) is 11.8 Å². The Bertz CT molecular complexity index is 876. The molecule has 7 heteroatoms. The van der Waals surface area contributed by atoms with Crippen molar-refractivity contribution in [3.05, 3.63) is 29.8 Å². The van der Waals surface area contributed by atoms with Crippen LogP contribution >= 0.6 is 31.9 Å². The van der Waals surface area contributed by atoms with Gasteiger partial charge >= 0.3 is 5.97 Å². The predicted molar refractivity (Wildman–Crippen MR) is 131 cm³/mol. The fourth-order valence-electron chi connectivity index (χ4n) is 5.58. The summed E-state index contributed by atoms with van der Waals surface area (Å²) in [5, 5.41) is 0. The number of imide groups is 1. The second-order valence-electron chi connectivity index (χ2n) is 10.0. The lowest BCUT2D eigenvalue weighted by molar-refractivity contribution is -0.122. The highest BCUT2D eigenvalue weighted by Gasteiger charge is 2.52. The molecule has 0 unspecified atom stereocenters. The van der Waals surface area contributed by atoms with Crippen LogP contribution < -0.4 is 4.90 Å². The topological polar surface area (TPSA) is 63.7 Å². The summed E-state index contributed by atoms with van der Waals surface area (Å²) in [7, 11) is 0. The Balaban J connectivity index is 1.53. The number of rotatable bonds is 4. The molecule has 0 aromatic heterocycles. The van der Waals surface area contributed by atoms with Crippen molar-refractivity contribution in [1.82, 2.24) is 0 Å². The standard InChI is InChI=1S/C25H31Br2NO4/c1-13(2)17-8-7-14(3)9-22(17)32-25(31)15-5-4-6-16(10-15)28-23(29)18-11-20(26)21(27)12-19(18)24(28)30/h4-6,10,13-14,17-22H,7-9,11-12H2,1-3H3/t14-,17-,18-,19-,20-,21+,22-/m1/s1. The summed E-state index contributed by atoms with van der Waals surface area (Å²) in [6.07, 6.45) is 4.26. The highest BCUT2D eigenvalue weighted by atomic mass is 79.9. The van der Waals surface area contributed by atoms with Gasteiger partial charge < -0.3 is 4.74 Å². The third-order valence-corrected chi connectivity index (χ3v) is 10.2. The lowest BCUT2D eigenvalue weighted by Crippen LogP contribution is -2.36. The van der Waals surface area contributed by atoms with E-state index in [1.165, 1.54) is 11.3 Å². The van der Waals surface area contributed by atoms with Gasteiger partial charge in [-0.15, -0.1) is 0 Å². The van der Waals surface area contributed by atoms with Crippen LogP contribution in [-0.4, -0.2) is 33.5 Å². The molecule has 2 amide bonds. The Morgan fingerprint density at radius 2 is 1.66 bits per heavy atom. The molecule has 1 aromatic carbocycles. The van der Waals surface area contributed by atoms with Crippen LogP contribution in [0.3, 0.4) is 0 Å². The van der Waals surface area contributed by atoms with Crippen LogP contribution in [0.1, 0.15) is 63.2 Å². The molecule has 0 radical (unpaired) electrons. The first-order valence-electron chi connectivity index (χ1n) is 11.6. The molecule has 2 aliphatic carbocycles. The zero-order valence-electron chi connectivity index (χ0n) is 18.8. The van der Waals surface area contributed by atoms with E-state index in [1.54, 1.807) is 24.3 Å². The van der Waals surface area contributed by atoms with Crippen LogP contribution in [0.25, 0.3) is 0 Å². The molecule has 0 bridgehead atoms. The van der Waals surface area contributed by atoms with E-state index in [0.717, 1.165) is 12.8 Å². The summed E-state index contributed by atoms with van der Waals surface area (Å²) in [6.45, 7) is 6.57. The number of esters is 1. The molecule has 32 heavy (non-hydrogen) atoms. The molecule has 1 aromatic rings. The molecule has 0 N–H and O–H groups in total. The fraction of sp³-hybridized carbons (Fsp3) is 0.640. The van der Waals surface area contributed by atoms with Gasteiger partial charge in [-0.05, 0) is 61.6 Å². The van der Waals surface area contributed by atoms with Gasteiger partial charge in [-0.3, -0.25) is 14.5 Å². The van der Waals surface area contributed by atoms with Crippen LogP contribution in [-0.2, 0) is 14.3 Å². The lowest BCUT2D eigenvalue weighted by Gasteiger charge is -2.36. The molecule has 4 rings (SSSR count). The van der Waals surface area contributed by atoms with Gasteiger partial charge in [0.15, 0.2) is 0 Å². The van der Waals surface area contributed by atoms with Gasteiger partial charge in [0, 0.05) is 9.65 Å². The first-order chi connectivity index (χ1) is 15.2. The first kappa shape index (κ1) is 23.9. The number of anilines is 1. The quantitative estimate of drug-likeness (QED) is 0.264. The van der Waals surface area contributed by atoms with Crippen molar-refractivity contribution in [1.29, 1.82) is 0 Å². The van der Waals surface area contributed by atoms with Crippen molar-refractivity contribution < 1.29 is 19.1 Å². The van der Waals surface area contributed by atoms with Crippen molar-refractivity contribution in [3.8, 4) is 0 Å². The number of halogens is 2. The van der Waals surface area contributed by atoms with E-state index >= 15 is 0 Å². The van der Waals surface area contributed by atoms with Crippen molar-refractivity contribution in [2.24, 2.45) is 29.6 Å². The second-order valence-corrected chi connectivity index (χ2v) is 12.4. The van der Waals surface area contributed by atoms with Crippen molar-refractivity contribution in [2.45, 2.75) is 68.6 Å². The minimum atomic E-state index is -0.380. The fourth-order valence-corrected chi connectivity index (χ4v) is 6.81. The van der Waals surface area contributed by atoms with Gasteiger partial charge in [0.05, 0.1) is 23.1 Å². The summed E-state index contributed by atoms with van der Waals surface area (Å²) in [6, 6.07) is 6.77. The Hall–Kier alpha value is -1.21. The van der Waals surface area contributed by atoms with Crippen LogP contribution in [0, 0.1) is 29.6 Å². The summed E-state index contributed by atoms with van der Waals surface area (Å²) >= 11 is 7.24. The maximum atomic E-state index is 13.1. The third kappa shape index (κ3) is 4.56. The smallest absolute Gasteiger partial charge is 0.338 e. The summed E-state index contributed by atoms with van der Waals surface area (Å²) in [5.74, 6) is -0.00349. The Morgan fingerprint density at radius 3 is 2.25 bits per heavy atom. The van der Waals surface area contributed by atoms with E-state index in [4.69, 9.17) is 4.74 Å². The van der Waals surface area contributed by atoms with Gasteiger partial charge in [0.1, 0.15) is 6.10 Å². The summed E-state index contributed by atoms with van der Waals surface area (Å²) < 4.78 is 5.98. The molecular weight excluding hydrogens is 538 g/mol. The molecule has 0 spiro atoms. The average Bonchev–Trinajstić information content (AvgIpc) is 2.98. The molecule has 2 saturated carbocycles. The van der Waals surface area contributed by atoms with E-state index in [0.29, 0.717) is 41.8 Å². The number of carbonyl (C=O) groups is 3. The Kier molecular flexibility index (Phi) is 7.16. The van der Waals surface area contributed by atoms with E-state index < -0.39 is 0 Å². The van der Waals surface area contributed by atoms with Gasteiger partial charge in [-0.1, -0.05) is 65.1 Å². The van der Waals surface area contributed by atoms with Gasteiger partial charge in [-0.25, -0.2) is 4.79 Å². The second kappa shape index (κ2) is 9.57. The van der Waals surface area contributed by atoms with Crippen molar-refractivity contribution in [3.63, 3.8) is 0 Å². The van der Waals surface area contributed by atoms with E-state index in [-0.39, 0.29) is 45.4 Å². The third-order valence-electron chi connectivity index (χ3n) is 7.47. The molecule has 7 atom stereocenters. The SMILES string of the molecule is CC(C)[C@H]1CC[C@@H](C)C[C@H]1OC(=O)c1cccc(N2C(=O)[C@@H]3C[C@@H](Br)[C@@H](Br)C[C@H]3C2=O)c1.